The van der Waals surface area contributed by atoms with Gasteiger partial charge in [0.05, 0.1) is 26.0 Å². The predicted molar refractivity (Wildman–Crippen MR) is 76.4 cm³/mol. The van der Waals surface area contributed by atoms with E-state index < -0.39 is 6.10 Å². The van der Waals surface area contributed by atoms with Crippen molar-refractivity contribution < 1.29 is 9.84 Å². The molecule has 19 heavy (non-hydrogen) atoms. The second-order valence-corrected chi connectivity index (χ2v) is 5.14. The first-order chi connectivity index (χ1) is 9.10. The molecule has 0 amide bonds. The maximum absolute atomic E-state index is 10.3. The Bertz CT molecular complexity index is 364. The molecule has 5 heteroatoms. The van der Waals surface area contributed by atoms with Gasteiger partial charge in [-0.15, -0.1) is 0 Å². The van der Waals surface area contributed by atoms with Gasteiger partial charge in [-0.1, -0.05) is 26.2 Å². The largest absolute Gasteiger partial charge is 0.493 e. The summed E-state index contributed by atoms with van der Waals surface area (Å²) in [4.78, 5) is 2.10. The molecule has 0 aromatic carbocycles. The smallest absolute Gasteiger partial charge is 0.162 e. The molecule has 1 N–H and O–H groups in total. The summed E-state index contributed by atoms with van der Waals surface area (Å²) < 4.78 is 7.16. The Labute approximate surface area is 116 Å². The molecule has 0 bridgehead atoms. The standard InChI is InChI=1S/C14H27N3O2/c1-5-6-7-8-12(18)14-13(19-4)11-15-17(14)10-9-16(2)3/h11-12,18H,5-10H2,1-4H3. The minimum Gasteiger partial charge on any atom is -0.493 e. The summed E-state index contributed by atoms with van der Waals surface area (Å²) in [6, 6.07) is 0. The van der Waals surface area contributed by atoms with Crippen LogP contribution in [0.4, 0.5) is 0 Å². The molecule has 0 saturated heterocycles. The molecule has 1 atom stereocenters. The Kier molecular flexibility index (Phi) is 6.87. The summed E-state index contributed by atoms with van der Waals surface area (Å²) in [7, 11) is 5.67. The number of aliphatic hydroxyl groups is 1. The number of likely N-dealkylation sites (N-methyl/N-ethyl adjacent to an activating group) is 1. The fourth-order valence-corrected chi connectivity index (χ4v) is 2.07. The second kappa shape index (κ2) is 8.17. The molecule has 1 aromatic rings. The van der Waals surface area contributed by atoms with Crippen LogP contribution in [0.5, 0.6) is 5.75 Å². The molecule has 5 nitrogen and oxygen atoms in total. The molecule has 0 aliphatic heterocycles. The zero-order valence-corrected chi connectivity index (χ0v) is 12.6. The van der Waals surface area contributed by atoms with Crippen molar-refractivity contribution in [3.63, 3.8) is 0 Å². The van der Waals surface area contributed by atoms with E-state index in [-0.39, 0.29) is 0 Å². The van der Waals surface area contributed by atoms with Crippen LogP contribution >= 0.6 is 0 Å². The molecule has 0 aliphatic rings. The van der Waals surface area contributed by atoms with Crippen LogP contribution in [0, 0.1) is 0 Å². The number of ether oxygens (including phenoxy) is 1. The lowest BCUT2D eigenvalue weighted by atomic mass is 10.1. The number of nitrogens with zero attached hydrogens (tertiary/aromatic N) is 3. The molecular formula is C14H27N3O2. The van der Waals surface area contributed by atoms with E-state index in [1.54, 1.807) is 13.3 Å². The van der Waals surface area contributed by atoms with Gasteiger partial charge in [0.1, 0.15) is 5.69 Å². The molecule has 1 unspecified atom stereocenters. The number of aliphatic hydroxyl groups excluding tert-OH is 1. The second-order valence-electron chi connectivity index (χ2n) is 5.14. The van der Waals surface area contributed by atoms with Crippen LogP contribution in [0.3, 0.4) is 0 Å². The topological polar surface area (TPSA) is 50.5 Å². The summed E-state index contributed by atoms with van der Waals surface area (Å²) >= 11 is 0. The Balaban J connectivity index is 2.73. The van der Waals surface area contributed by atoms with Crippen LogP contribution < -0.4 is 4.74 Å². The summed E-state index contributed by atoms with van der Waals surface area (Å²) in [6.07, 6.45) is 5.28. The van der Waals surface area contributed by atoms with Crippen molar-refractivity contribution in [3.05, 3.63) is 11.9 Å². The predicted octanol–water partition coefficient (Wildman–Crippen LogP) is 2.07. The molecule has 0 radical (unpaired) electrons. The van der Waals surface area contributed by atoms with Crippen molar-refractivity contribution in [2.24, 2.45) is 0 Å². The maximum Gasteiger partial charge on any atom is 0.162 e. The maximum atomic E-state index is 10.3. The molecule has 0 spiro atoms. The lowest BCUT2D eigenvalue weighted by Crippen LogP contribution is -2.21. The van der Waals surface area contributed by atoms with Gasteiger partial charge >= 0.3 is 0 Å². The van der Waals surface area contributed by atoms with E-state index in [4.69, 9.17) is 4.74 Å². The summed E-state index contributed by atoms with van der Waals surface area (Å²) in [5.74, 6) is 0.683. The van der Waals surface area contributed by atoms with Crippen molar-refractivity contribution in [2.75, 3.05) is 27.7 Å². The average molecular weight is 269 g/mol. The molecule has 0 fully saturated rings. The summed E-state index contributed by atoms with van der Waals surface area (Å²) in [5.41, 5.74) is 0.806. The van der Waals surface area contributed by atoms with Crippen molar-refractivity contribution in [1.29, 1.82) is 0 Å². The van der Waals surface area contributed by atoms with E-state index in [2.05, 4.69) is 16.9 Å². The molecule has 1 rings (SSSR count). The van der Waals surface area contributed by atoms with E-state index in [0.29, 0.717) is 5.75 Å². The van der Waals surface area contributed by atoms with E-state index >= 15 is 0 Å². The first kappa shape index (κ1) is 16.0. The van der Waals surface area contributed by atoms with Crippen LogP contribution in [0.2, 0.25) is 0 Å². The normalized spacial score (nSPS) is 12.9. The van der Waals surface area contributed by atoms with Gasteiger partial charge in [0.25, 0.3) is 0 Å². The van der Waals surface area contributed by atoms with Gasteiger partial charge in [0, 0.05) is 6.54 Å². The van der Waals surface area contributed by atoms with E-state index in [0.717, 1.165) is 44.5 Å². The Morgan fingerprint density at radius 1 is 1.42 bits per heavy atom. The lowest BCUT2D eigenvalue weighted by molar-refractivity contribution is 0.147. The van der Waals surface area contributed by atoms with Crippen LogP contribution in [-0.2, 0) is 6.54 Å². The first-order valence-corrected chi connectivity index (χ1v) is 7.02. The van der Waals surface area contributed by atoms with Crippen LogP contribution in [0.1, 0.15) is 44.4 Å². The van der Waals surface area contributed by atoms with Crippen LogP contribution in [-0.4, -0.2) is 47.5 Å². The third-order valence-electron chi connectivity index (χ3n) is 3.22. The van der Waals surface area contributed by atoms with Crippen LogP contribution in [0.25, 0.3) is 0 Å². The Hall–Kier alpha value is -1.07. The third-order valence-corrected chi connectivity index (χ3v) is 3.22. The molecule has 0 saturated carbocycles. The number of aromatic nitrogens is 2. The molecule has 110 valence electrons. The summed E-state index contributed by atoms with van der Waals surface area (Å²) in [6.45, 7) is 3.81. The number of hydrogen-bond acceptors (Lipinski definition) is 4. The van der Waals surface area contributed by atoms with Crippen molar-refractivity contribution in [1.82, 2.24) is 14.7 Å². The van der Waals surface area contributed by atoms with Gasteiger partial charge in [0.15, 0.2) is 5.75 Å². The average Bonchev–Trinajstić information content (AvgIpc) is 2.79. The van der Waals surface area contributed by atoms with Gasteiger partial charge in [-0.25, -0.2) is 0 Å². The molecule has 0 aliphatic carbocycles. The van der Waals surface area contributed by atoms with E-state index in [9.17, 15) is 5.11 Å². The minimum absolute atomic E-state index is 0.494. The zero-order chi connectivity index (χ0) is 14.3. The Morgan fingerprint density at radius 2 is 2.16 bits per heavy atom. The molecule has 1 aromatic heterocycles. The monoisotopic (exact) mass is 269 g/mol. The number of hydrogen-bond donors (Lipinski definition) is 1. The number of rotatable bonds is 9. The highest BCUT2D eigenvalue weighted by atomic mass is 16.5. The van der Waals surface area contributed by atoms with Crippen LogP contribution in [0.15, 0.2) is 6.20 Å². The highest BCUT2D eigenvalue weighted by molar-refractivity contribution is 5.27. The quantitative estimate of drug-likeness (QED) is 0.697. The number of methoxy groups -OCH3 is 1. The van der Waals surface area contributed by atoms with Gasteiger partial charge in [-0.3, -0.25) is 4.68 Å². The summed E-state index contributed by atoms with van der Waals surface area (Å²) in [5, 5.41) is 14.7. The van der Waals surface area contributed by atoms with Crippen molar-refractivity contribution in [2.45, 2.75) is 45.3 Å². The number of unbranched alkanes of at least 4 members (excludes halogenated alkanes) is 2. The van der Waals surface area contributed by atoms with Gasteiger partial charge in [0.2, 0.25) is 0 Å². The fraction of sp³-hybridized carbons (Fsp3) is 0.786. The van der Waals surface area contributed by atoms with E-state index in [1.165, 1.54) is 0 Å². The fourth-order valence-electron chi connectivity index (χ4n) is 2.07. The highest BCUT2D eigenvalue weighted by Crippen LogP contribution is 2.28. The Morgan fingerprint density at radius 3 is 2.74 bits per heavy atom. The van der Waals surface area contributed by atoms with E-state index in [1.807, 2.05) is 18.8 Å². The third kappa shape index (κ3) is 4.84. The van der Waals surface area contributed by atoms with Gasteiger partial charge in [-0.05, 0) is 20.5 Å². The van der Waals surface area contributed by atoms with Crippen molar-refractivity contribution in [3.8, 4) is 5.75 Å². The van der Waals surface area contributed by atoms with Gasteiger partial charge in [-0.2, -0.15) is 5.10 Å². The molecule has 1 heterocycles. The highest BCUT2D eigenvalue weighted by Gasteiger charge is 2.19. The SMILES string of the molecule is CCCCCC(O)c1c(OC)cnn1CCN(C)C. The van der Waals surface area contributed by atoms with Crippen molar-refractivity contribution >= 4 is 0 Å². The van der Waals surface area contributed by atoms with Gasteiger partial charge < -0.3 is 14.7 Å². The first-order valence-electron chi connectivity index (χ1n) is 7.02. The lowest BCUT2D eigenvalue weighted by Gasteiger charge is -2.16. The molecular weight excluding hydrogens is 242 g/mol. The minimum atomic E-state index is -0.494. The zero-order valence-electron chi connectivity index (χ0n) is 12.6.